The van der Waals surface area contributed by atoms with Gasteiger partial charge in [-0.05, 0) is 37.6 Å². The summed E-state index contributed by atoms with van der Waals surface area (Å²) in [6.45, 7) is 3.03. The molecule has 3 N–H and O–H groups in total. The summed E-state index contributed by atoms with van der Waals surface area (Å²) in [5.74, 6) is -0.0987. The summed E-state index contributed by atoms with van der Waals surface area (Å²) in [5, 5.41) is 29.1. The molecule has 2 amide bonds. The third-order valence-corrected chi connectivity index (χ3v) is 6.18. The van der Waals surface area contributed by atoms with Crippen molar-refractivity contribution < 1.29 is 24.9 Å². The van der Waals surface area contributed by atoms with Gasteiger partial charge in [-0.25, -0.2) is 4.79 Å². The van der Waals surface area contributed by atoms with E-state index in [1.165, 1.54) is 4.90 Å². The van der Waals surface area contributed by atoms with E-state index in [1.54, 1.807) is 4.90 Å². The Hall–Kier alpha value is -1.38. The summed E-state index contributed by atoms with van der Waals surface area (Å²) in [4.78, 5) is 28.5. The van der Waals surface area contributed by atoms with Crippen LogP contribution in [-0.2, 0) is 4.79 Å². The molecule has 3 fully saturated rings. The number of hydrogen-bond donors (Lipinski definition) is 3. The molecule has 8 nitrogen and oxygen atoms in total. The van der Waals surface area contributed by atoms with E-state index < -0.39 is 6.09 Å². The lowest BCUT2D eigenvalue weighted by Gasteiger charge is -2.38. The number of aliphatic hydroxyl groups is 2. The highest BCUT2D eigenvalue weighted by molar-refractivity contribution is 5.78. The van der Waals surface area contributed by atoms with E-state index >= 15 is 0 Å². The molecule has 2 saturated heterocycles. The second kappa shape index (κ2) is 7.47. The maximum atomic E-state index is 12.3. The molecule has 1 saturated carbocycles. The predicted octanol–water partition coefficient (Wildman–Crippen LogP) is -0.203. The second-order valence-corrected chi connectivity index (χ2v) is 7.66. The molecule has 8 heteroatoms. The summed E-state index contributed by atoms with van der Waals surface area (Å²) in [5.41, 5.74) is 0.175. The van der Waals surface area contributed by atoms with Crippen LogP contribution in [0.15, 0.2) is 0 Å². The maximum absolute atomic E-state index is 12.3. The Bertz CT molecular complexity index is 511. The first kappa shape index (κ1) is 18.4. The second-order valence-electron chi connectivity index (χ2n) is 7.66. The Kier molecular flexibility index (Phi) is 5.50. The minimum absolute atomic E-state index is 0.0987. The fourth-order valence-corrected chi connectivity index (χ4v) is 4.12. The van der Waals surface area contributed by atoms with Crippen LogP contribution in [0.1, 0.15) is 32.1 Å². The van der Waals surface area contributed by atoms with E-state index in [0.717, 1.165) is 32.4 Å². The first-order valence-corrected chi connectivity index (χ1v) is 9.24. The molecule has 3 aliphatic rings. The zero-order valence-corrected chi connectivity index (χ0v) is 14.6. The number of carbonyl (C=O) groups is 2. The molecule has 0 aromatic rings. The van der Waals surface area contributed by atoms with Gasteiger partial charge in [0.2, 0.25) is 5.91 Å². The lowest BCUT2D eigenvalue weighted by Crippen LogP contribution is -2.48. The molecule has 25 heavy (non-hydrogen) atoms. The van der Waals surface area contributed by atoms with Crippen LogP contribution in [0.5, 0.6) is 0 Å². The van der Waals surface area contributed by atoms with E-state index in [-0.39, 0.29) is 49.6 Å². The minimum atomic E-state index is -1.01. The van der Waals surface area contributed by atoms with E-state index in [4.69, 9.17) is 5.11 Å². The highest BCUT2D eigenvalue weighted by atomic mass is 16.4. The number of aliphatic hydroxyl groups excluding tert-OH is 2. The van der Waals surface area contributed by atoms with Crippen LogP contribution in [0.4, 0.5) is 4.79 Å². The maximum Gasteiger partial charge on any atom is 0.407 e. The smallest absolute Gasteiger partial charge is 0.407 e. The third kappa shape index (κ3) is 4.07. The lowest BCUT2D eigenvalue weighted by atomic mass is 9.90. The van der Waals surface area contributed by atoms with Gasteiger partial charge in [-0.15, -0.1) is 0 Å². The van der Waals surface area contributed by atoms with Crippen molar-refractivity contribution in [1.29, 1.82) is 0 Å². The summed E-state index contributed by atoms with van der Waals surface area (Å²) in [7, 11) is 0. The van der Waals surface area contributed by atoms with Crippen molar-refractivity contribution >= 4 is 12.0 Å². The van der Waals surface area contributed by atoms with Crippen LogP contribution in [0.3, 0.4) is 0 Å². The van der Waals surface area contributed by atoms with Crippen molar-refractivity contribution in [3.8, 4) is 0 Å². The quantitative estimate of drug-likeness (QED) is 0.631. The van der Waals surface area contributed by atoms with Gasteiger partial charge in [0, 0.05) is 39.1 Å². The number of β-amino-alcohol motifs (C(OH)–C–C–N with tert-alkyl or cyclic N) is 1. The first-order chi connectivity index (χ1) is 11.9. The minimum Gasteiger partial charge on any atom is -0.465 e. The largest absolute Gasteiger partial charge is 0.465 e. The van der Waals surface area contributed by atoms with Gasteiger partial charge in [-0.3, -0.25) is 4.79 Å². The molecule has 2 aliphatic heterocycles. The van der Waals surface area contributed by atoms with Crippen LogP contribution in [-0.4, -0.2) is 100 Å². The van der Waals surface area contributed by atoms with Crippen molar-refractivity contribution in [3.05, 3.63) is 0 Å². The number of hydrogen-bond acceptors (Lipinski definition) is 5. The molecule has 0 aromatic carbocycles. The van der Waals surface area contributed by atoms with Crippen LogP contribution in [0, 0.1) is 5.41 Å². The van der Waals surface area contributed by atoms with Crippen LogP contribution in [0.25, 0.3) is 0 Å². The Labute approximate surface area is 148 Å². The first-order valence-electron chi connectivity index (χ1n) is 9.24. The number of rotatable bonds is 5. The Balaban J connectivity index is 1.51. The molecule has 0 aromatic heterocycles. The van der Waals surface area contributed by atoms with E-state index in [9.17, 15) is 19.8 Å². The highest BCUT2D eigenvalue weighted by Crippen LogP contribution is 2.53. The number of carbonyl (C=O) groups excluding carboxylic acids is 1. The summed E-state index contributed by atoms with van der Waals surface area (Å²) in [6, 6.07) is -0.296. The molecule has 2 atom stereocenters. The number of piperidine rings is 1. The summed E-state index contributed by atoms with van der Waals surface area (Å²) < 4.78 is 0. The highest BCUT2D eigenvalue weighted by Gasteiger charge is 2.51. The molecule has 0 unspecified atom stereocenters. The van der Waals surface area contributed by atoms with E-state index in [0.29, 0.717) is 19.5 Å². The number of amides is 2. The van der Waals surface area contributed by atoms with Gasteiger partial charge in [-0.1, -0.05) is 0 Å². The fraction of sp³-hybridized carbons (Fsp3) is 0.882. The van der Waals surface area contributed by atoms with Gasteiger partial charge in [0.15, 0.2) is 0 Å². The molecule has 1 spiro atoms. The number of nitrogens with zero attached hydrogens (tertiary/aromatic N) is 3. The average Bonchev–Trinajstić information content (AvgIpc) is 3.38. The average molecular weight is 355 g/mol. The van der Waals surface area contributed by atoms with Gasteiger partial charge in [0.05, 0.1) is 18.8 Å². The fourth-order valence-electron chi connectivity index (χ4n) is 4.12. The predicted molar refractivity (Wildman–Crippen MR) is 90.1 cm³/mol. The van der Waals surface area contributed by atoms with Crippen molar-refractivity contribution in [3.63, 3.8) is 0 Å². The Morgan fingerprint density at radius 3 is 2.56 bits per heavy atom. The van der Waals surface area contributed by atoms with Crippen LogP contribution >= 0.6 is 0 Å². The Morgan fingerprint density at radius 1 is 1.20 bits per heavy atom. The van der Waals surface area contributed by atoms with Crippen molar-refractivity contribution in [2.24, 2.45) is 5.41 Å². The molecule has 3 rings (SSSR count). The van der Waals surface area contributed by atoms with Crippen molar-refractivity contribution in [2.45, 2.75) is 44.2 Å². The van der Waals surface area contributed by atoms with Gasteiger partial charge in [0.1, 0.15) is 0 Å². The van der Waals surface area contributed by atoms with E-state index in [1.807, 2.05) is 0 Å². The molecular weight excluding hydrogens is 326 g/mol. The summed E-state index contributed by atoms with van der Waals surface area (Å²) in [6.07, 6.45) is 2.80. The van der Waals surface area contributed by atoms with Crippen LogP contribution < -0.4 is 0 Å². The molecule has 0 bridgehead atoms. The van der Waals surface area contributed by atoms with Crippen molar-refractivity contribution in [1.82, 2.24) is 14.7 Å². The molecular formula is C17H29N3O5. The lowest BCUT2D eigenvalue weighted by molar-refractivity contribution is -0.133. The zero-order chi connectivity index (χ0) is 18.0. The molecule has 1 aliphatic carbocycles. The van der Waals surface area contributed by atoms with E-state index in [2.05, 4.69) is 4.90 Å². The van der Waals surface area contributed by atoms with Crippen LogP contribution in [0.2, 0.25) is 0 Å². The number of likely N-dealkylation sites (tertiary alicyclic amines) is 1. The normalized spacial score (nSPS) is 28.1. The summed E-state index contributed by atoms with van der Waals surface area (Å²) >= 11 is 0. The molecule has 2 heterocycles. The van der Waals surface area contributed by atoms with Gasteiger partial charge in [0.25, 0.3) is 0 Å². The number of carboxylic acid groups (broad SMARTS) is 1. The SMILES string of the molecule is O=C(O)N1CCC(=O)N([C@@H](CO)CCN2CCC3(CC3)[C@H](O)C2)CC1. The third-order valence-electron chi connectivity index (χ3n) is 6.18. The Morgan fingerprint density at radius 2 is 1.96 bits per heavy atom. The topological polar surface area (TPSA) is 105 Å². The standard InChI is InChI=1S/C17H29N3O5/c21-12-13(20-10-9-19(16(24)25)7-2-15(20)23)1-6-18-8-5-17(3-4-17)14(22)11-18/h13-14,21-22H,1-12H2,(H,24,25)/t13-,14-/m1/s1. The van der Waals surface area contributed by atoms with Gasteiger partial charge >= 0.3 is 6.09 Å². The van der Waals surface area contributed by atoms with Crippen molar-refractivity contribution in [2.75, 3.05) is 45.9 Å². The molecule has 0 radical (unpaired) electrons. The monoisotopic (exact) mass is 355 g/mol. The van der Waals surface area contributed by atoms with Gasteiger partial charge < -0.3 is 30.0 Å². The molecule has 142 valence electrons. The zero-order valence-electron chi connectivity index (χ0n) is 14.6. The van der Waals surface area contributed by atoms with Gasteiger partial charge in [-0.2, -0.15) is 0 Å².